The quantitative estimate of drug-likeness (QED) is 0.865. The van der Waals surface area contributed by atoms with Crippen molar-refractivity contribution in [3.63, 3.8) is 0 Å². The molecule has 2 fully saturated rings. The average Bonchev–Trinajstić information content (AvgIpc) is 3.39. The molecule has 4 rings (SSSR count). The number of hydrogen-bond donors (Lipinski definition) is 1. The third kappa shape index (κ3) is 4.01. The normalized spacial score (nSPS) is 19.9. The van der Waals surface area contributed by atoms with Crippen LogP contribution >= 0.6 is 0 Å². The molecular formula is C22H23FN2O3. The Morgan fingerprint density at radius 3 is 2.43 bits per heavy atom. The third-order valence-electron chi connectivity index (χ3n) is 5.82. The van der Waals surface area contributed by atoms with Crippen molar-refractivity contribution in [3.8, 4) is 5.75 Å². The van der Waals surface area contributed by atoms with Crippen molar-refractivity contribution < 1.29 is 18.7 Å². The standard InChI is InChI=1S/C22H23FN2O3/c23-17-6-8-18(9-7-17)28-15-20(26)25-12-10-22(11-13-25)14-19(22)24-21(27)16-4-2-1-3-5-16/h1-9,19H,10-15H2,(H,24,27). The molecule has 0 aromatic heterocycles. The van der Waals surface area contributed by atoms with Gasteiger partial charge in [-0.05, 0) is 61.1 Å². The summed E-state index contributed by atoms with van der Waals surface area (Å²) in [4.78, 5) is 26.5. The largest absolute Gasteiger partial charge is 0.484 e. The Labute approximate surface area is 163 Å². The highest BCUT2D eigenvalue weighted by Gasteiger charge is 2.55. The fourth-order valence-corrected chi connectivity index (χ4v) is 3.90. The molecule has 2 amide bonds. The number of nitrogens with one attached hydrogen (secondary N) is 1. The maximum absolute atomic E-state index is 12.9. The van der Waals surface area contributed by atoms with E-state index in [1.165, 1.54) is 24.3 Å². The molecule has 0 radical (unpaired) electrons. The zero-order valence-corrected chi connectivity index (χ0v) is 15.6. The van der Waals surface area contributed by atoms with Gasteiger partial charge in [0.2, 0.25) is 0 Å². The summed E-state index contributed by atoms with van der Waals surface area (Å²) in [7, 11) is 0. The molecule has 2 aliphatic rings. The molecule has 1 unspecified atom stereocenters. The summed E-state index contributed by atoms with van der Waals surface area (Å²) in [5, 5.41) is 3.13. The van der Waals surface area contributed by atoms with Crippen LogP contribution in [0.3, 0.4) is 0 Å². The van der Waals surface area contributed by atoms with Gasteiger partial charge in [0.25, 0.3) is 11.8 Å². The van der Waals surface area contributed by atoms with Gasteiger partial charge in [-0.3, -0.25) is 9.59 Å². The van der Waals surface area contributed by atoms with Gasteiger partial charge in [-0.25, -0.2) is 4.39 Å². The number of carbonyl (C=O) groups excluding carboxylic acids is 2. The topological polar surface area (TPSA) is 58.6 Å². The number of likely N-dealkylation sites (tertiary alicyclic amines) is 1. The second kappa shape index (κ2) is 7.62. The van der Waals surface area contributed by atoms with E-state index in [4.69, 9.17) is 4.74 Å². The van der Waals surface area contributed by atoms with Crippen molar-refractivity contribution in [1.82, 2.24) is 10.2 Å². The Morgan fingerprint density at radius 2 is 1.75 bits per heavy atom. The summed E-state index contributed by atoms with van der Waals surface area (Å²) in [5.74, 6) is 0.0471. The summed E-state index contributed by atoms with van der Waals surface area (Å²) in [6.07, 6.45) is 2.74. The summed E-state index contributed by atoms with van der Waals surface area (Å²) >= 11 is 0. The molecule has 1 saturated heterocycles. The molecule has 1 heterocycles. The number of carbonyl (C=O) groups is 2. The summed E-state index contributed by atoms with van der Waals surface area (Å²) in [6, 6.07) is 15.1. The third-order valence-corrected chi connectivity index (χ3v) is 5.82. The van der Waals surface area contributed by atoms with Crippen molar-refractivity contribution in [1.29, 1.82) is 0 Å². The minimum absolute atomic E-state index is 0.0336. The molecule has 0 bridgehead atoms. The van der Waals surface area contributed by atoms with Crippen molar-refractivity contribution in [2.75, 3.05) is 19.7 Å². The summed E-state index contributed by atoms with van der Waals surface area (Å²) in [5.41, 5.74) is 0.800. The number of piperidine rings is 1. The van der Waals surface area contributed by atoms with Crippen LogP contribution in [0.5, 0.6) is 5.75 Å². The van der Waals surface area contributed by atoms with Crippen LogP contribution in [0.4, 0.5) is 4.39 Å². The zero-order valence-electron chi connectivity index (χ0n) is 15.6. The van der Waals surface area contributed by atoms with Crippen LogP contribution in [0.1, 0.15) is 29.6 Å². The van der Waals surface area contributed by atoms with Crippen LogP contribution in [0.15, 0.2) is 54.6 Å². The number of ether oxygens (including phenoxy) is 1. The Hall–Kier alpha value is -2.89. The van der Waals surface area contributed by atoms with Gasteiger partial charge in [0.1, 0.15) is 11.6 Å². The molecule has 2 aromatic rings. The van der Waals surface area contributed by atoms with Crippen molar-refractivity contribution in [3.05, 3.63) is 66.0 Å². The minimum Gasteiger partial charge on any atom is -0.484 e. The molecular weight excluding hydrogens is 359 g/mol. The average molecular weight is 382 g/mol. The van der Waals surface area contributed by atoms with E-state index in [0.717, 1.165) is 19.3 Å². The second-order valence-corrected chi connectivity index (χ2v) is 7.58. The van der Waals surface area contributed by atoms with Crippen LogP contribution in [-0.2, 0) is 4.79 Å². The van der Waals surface area contributed by atoms with Crippen LogP contribution in [0.25, 0.3) is 0 Å². The van der Waals surface area contributed by atoms with Crippen LogP contribution < -0.4 is 10.1 Å². The number of hydrogen-bond acceptors (Lipinski definition) is 3. The van der Waals surface area contributed by atoms with Gasteiger partial charge in [0, 0.05) is 24.7 Å². The van der Waals surface area contributed by atoms with Gasteiger partial charge in [-0.15, -0.1) is 0 Å². The fraction of sp³-hybridized carbons (Fsp3) is 0.364. The lowest BCUT2D eigenvalue weighted by Gasteiger charge is -2.33. The first-order valence-corrected chi connectivity index (χ1v) is 9.58. The molecule has 1 spiro atoms. The van der Waals surface area contributed by atoms with E-state index in [9.17, 15) is 14.0 Å². The lowest BCUT2D eigenvalue weighted by atomic mass is 9.92. The van der Waals surface area contributed by atoms with Crippen LogP contribution in [0.2, 0.25) is 0 Å². The second-order valence-electron chi connectivity index (χ2n) is 7.58. The summed E-state index contributed by atoms with van der Waals surface area (Å²) < 4.78 is 18.4. The molecule has 1 aliphatic carbocycles. The Morgan fingerprint density at radius 1 is 1.07 bits per heavy atom. The van der Waals surface area contributed by atoms with E-state index in [0.29, 0.717) is 24.4 Å². The Kier molecular flexibility index (Phi) is 5.03. The van der Waals surface area contributed by atoms with E-state index in [2.05, 4.69) is 5.32 Å². The Balaban J connectivity index is 1.23. The minimum atomic E-state index is -0.335. The molecule has 28 heavy (non-hydrogen) atoms. The van der Waals surface area contributed by atoms with Crippen molar-refractivity contribution in [2.24, 2.45) is 5.41 Å². The SMILES string of the molecule is O=C(NC1CC12CCN(C(=O)COc1ccc(F)cc1)CC2)c1ccccc1. The number of nitrogens with zero attached hydrogens (tertiary/aromatic N) is 1. The van der Waals surface area contributed by atoms with Gasteiger partial charge in [-0.1, -0.05) is 18.2 Å². The zero-order chi connectivity index (χ0) is 19.6. The van der Waals surface area contributed by atoms with Gasteiger partial charge in [0.15, 0.2) is 6.61 Å². The monoisotopic (exact) mass is 382 g/mol. The Bertz CT molecular complexity index is 846. The van der Waals surface area contributed by atoms with Gasteiger partial charge in [-0.2, -0.15) is 0 Å². The van der Waals surface area contributed by atoms with E-state index in [1.54, 1.807) is 0 Å². The van der Waals surface area contributed by atoms with E-state index in [-0.39, 0.29) is 35.7 Å². The van der Waals surface area contributed by atoms with E-state index >= 15 is 0 Å². The van der Waals surface area contributed by atoms with E-state index < -0.39 is 0 Å². The lowest BCUT2D eigenvalue weighted by Crippen LogP contribution is -2.43. The molecule has 1 saturated carbocycles. The first kappa shape index (κ1) is 18.5. The molecule has 6 heteroatoms. The highest BCUT2D eigenvalue weighted by atomic mass is 19.1. The molecule has 2 aromatic carbocycles. The van der Waals surface area contributed by atoms with Crippen LogP contribution in [0, 0.1) is 11.2 Å². The van der Waals surface area contributed by atoms with Crippen molar-refractivity contribution in [2.45, 2.75) is 25.3 Å². The molecule has 1 atom stereocenters. The number of benzene rings is 2. The predicted molar refractivity (Wildman–Crippen MR) is 102 cm³/mol. The molecule has 5 nitrogen and oxygen atoms in total. The van der Waals surface area contributed by atoms with Crippen molar-refractivity contribution >= 4 is 11.8 Å². The fourth-order valence-electron chi connectivity index (χ4n) is 3.90. The molecule has 1 N–H and O–H groups in total. The maximum atomic E-state index is 12.9. The summed E-state index contributed by atoms with van der Waals surface area (Å²) in [6.45, 7) is 1.29. The highest BCUT2D eigenvalue weighted by molar-refractivity contribution is 5.94. The van der Waals surface area contributed by atoms with E-state index in [1.807, 2.05) is 35.2 Å². The highest BCUT2D eigenvalue weighted by Crippen LogP contribution is 2.53. The lowest BCUT2D eigenvalue weighted by molar-refractivity contribution is -0.135. The number of rotatable bonds is 5. The molecule has 146 valence electrons. The maximum Gasteiger partial charge on any atom is 0.260 e. The van der Waals surface area contributed by atoms with Gasteiger partial charge < -0.3 is 15.0 Å². The van der Waals surface area contributed by atoms with Gasteiger partial charge >= 0.3 is 0 Å². The molecule has 1 aliphatic heterocycles. The van der Waals surface area contributed by atoms with Crippen LogP contribution in [-0.4, -0.2) is 42.5 Å². The number of halogens is 1. The first-order valence-electron chi connectivity index (χ1n) is 9.58. The number of amides is 2. The first-order chi connectivity index (χ1) is 13.6. The van der Waals surface area contributed by atoms with Gasteiger partial charge in [0.05, 0.1) is 0 Å². The smallest absolute Gasteiger partial charge is 0.260 e. The predicted octanol–water partition coefficient (Wildman–Crippen LogP) is 3.02.